The summed E-state index contributed by atoms with van der Waals surface area (Å²) >= 11 is 11.5. The van der Waals surface area contributed by atoms with Crippen LogP contribution in [0.5, 0.6) is 5.75 Å². The normalized spacial score (nSPS) is 21.4. The van der Waals surface area contributed by atoms with Gasteiger partial charge in [0, 0.05) is 0 Å². The van der Waals surface area contributed by atoms with Crippen LogP contribution in [0.15, 0.2) is 54.6 Å². The molecule has 2 aromatic rings. The van der Waals surface area contributed by atoms with Crippen LogP contribution in [0.2, 0.25) is 0 Å². The molecule has 0 N–H and O–H groups in total. The highest BCUT2D eigenvalue weighted by Crippen LogP contribution is 2.43. The van der Waals surface area contributed by atoms with E-state index in [2.05, 4.69) is 12.6 Å². The first-order valence-electron chi connectivity index (χ1n) is 7.03. The lowest BCUT2D eigenvalue weighted by Crippen LogP contribution is -2.46. The molecule has 6 heteroatoms. The van der Waals surface area contributed by atoms with Gasteiger partial charge in [-0.05, 0) is 29.8 Å². The number of hydrogen-bond acceptors (Lipinski definition) is 5. The van der Waals surface area contributed by atoms with Gasteiger partial charge in [-0.15, -0.1) is 0 Å². The van der Waals surface area contributed by atoms with Crippen LogP contribution in [0.3, 0.4) is 0 Å². The summed E-state index contributed by atoms with van der Waals surface area (Å²) in [7, 11) is 1.61. The summed E-state index contributed by atoms with van der Waals surface area (Å²) in [5.41, 5.74) is 1.79. The van der Waals surface area contributed by atoms with Crippen molar-refractivity contribution < 1.29 is 9.53 Å². The van der Waals surface area contributed by atoms with Crippen LogP contribution in [0.25, 0.3) is 0 Å². The fourth-order valence-electron chi connectivity index (χ4n) is 2.43. The maximum atomic E-state index is 12.8. The fraction of sp³-hybridized carbons (Fsp3) is 0.176. The molecule has 0 aromatic heterocycles. The summed E-state index contributed by atoms with van der Waals surface area (Å²) in [6.07, 6.45) is 0. The first-order chi connectivity index (χ1) is 11.1. The Kier molecular flexibility index (Phi) is 4.94. The summed E-state index contributed by atoms with van der Waals surface area (Å²) in [6.45, 7) is 0. The summed E-state index contributed by atoms with van der Waals surface area (Å²) in [4.78, 5) is 14.3. The van der Waals surface area contributed by atoms with Gasteiger partial charge in [0.15, 0.2) is 0 Å². The molecule has 0 radical (unpaired) electrons. The molecule has 2 aromatic carbocycles. The number of anilines is 1. The standard InChI is InChI=1S/C17H15NO2S3/c1-20-13-9-7-12(8-10-13)18-16(19)14(21)15(23-17(18)22)11-5-3-2-4-6-11/h2-10,14-15,21H,1H3/t14-,15+/m0/s1. The van der Waals surface area contributed by atoms with E-state index in [4.69, 9.17) is 17.0 Å². The van der Waals surface area contributed by atoms with Crippen LogP contribution in [0, 0.1) is 0 Å². The van der Waals surface area contributed by atoms with Gasteiger partial charge in [-0.1, -0.05) is 54.3 Å². The number of nitrogens with zero attached hydrogens (tertiary/aromatic N) is 1. The largest absolute Gasteiger partial charge is 0.497 e. The van der Waals surface area contributed by atoms with Gasteiger partial charge in [0.25, 0.3) is 0 Å². The van der Waals surface area contributed by atoms with Crippen molar-refractivity contribution in [1.82, 2.24) is 0 Å². The van der Waals surface area contributed by atoms with E-state index in [9.17, 15) is 4.79 Å². The van der Waals surface area contributed by atoms with Gasteiger partial charge < -0.3 is 4.74 Å². The SMILES string of the molecule is COc1ccc(N2C(=O)[C@@H](S)[C@@H](c3ccccc3)SC2=S)cc1. The molecule has 3 nitrogen and oxygen atoms in total. The minimum absolute atomic E-state index is 0.0750. The molecule has 118 valence electrons. The van der Waals surface area contributed by atoms with Crippen molar-refractivity contribution in [2.75, 3.05) is 12.0 Å². The second-order valence-electron chi connectivity index (χ2n) is 5.03. The first kappa shape index (κ1) is 16.4. The molecule has 0 saturated carbocycles. The number of ether oxygens (including phenoxy) is 1. The van der Waals surface area contributed by atoms with E-state index >= 15 is 0 Å². The predicted octanol–water partition coefficient (Wildman–Crippen LogP) is 4.10. The van der Waals surface area contributed by atoms with E-state index in [-0.39, 0.29) is 11.2 Å². The third-order valence-electron chi connectivity index (χ3n) is 3.63. The van der Waals surface area contributed by atoms with Crippen molar-refractivity contribution in [3.8, 4) is 5.75 Å². The Bertz CT molecular complexity index is 718. The van der Waals surface area contributed by atoms with Gasteiger partial charge in [0.1, 0.15) is 10.1 Å². The van der Waals surface area contributed by atoms with E-state index in [1.807, 2.05) is 54.6 Å². The van der Waals surface area contributed by atoms with E-state index in [1.54, 1.807) is 12.0 Å². The van der Waals surface area contributed by atoms with Gasteiger partial charge >= 0.3 is 0 Å². The summed E-state index contributed by atoms with van der Waals surface area (Å²) < 4.78 is 5.69. The Balaban J connectivity index is 1.88. The lowest BCUT2D eigenvalue weighted by molar-refractivity contribution is -0.117. The smallest absolute Gasteiger partial charge is 0.246 e. The Labute approximate surface area is 150 Å². The van der Waals surface area contributed by atoms with Crippen LogP contribution >= 0.6 is 36.6 Å². The molecule has 3 rings (SSSR count). The Morgan fingerprint density at radius 2 is 1.78 bits per heavy atom. The second-order valence-corrected chi connectivity index (χ2v) is 7.36. The molecule has 2 atom stereocenters. The lowest BCUT2D eigenvalue weighted by atomic mass is 10.1. The molecule has 1 fully saturated rings. The molecular weight excluding hydrogens is 346 g/mol. The Morgan fingerprint density at radius 3 is 2.39 bits per heavy atom. The number of thiol groups is 1. The Morgan fingerprint density at radius 1 is 1.13 bits per heavy atom. The van der Waals surface area contributed by atoms with Gasteiger partial charge in [-0.3, -0.25) is 9.69 Å². The number of amides is 1. The van der Waals surface area contributed by atoms with Crippen LogP contribution in [0.1, 0.15) is 10.8 Å². The number of carbonyl (C=O) groups excluding carboxylic acids is 1. The number of carbonyl (C=O) groups is 1. The van der Waals surface area contributed by atoms with Crippen molar-refractivity contribution in [3.63, 3.8) is 0 Å². The fourth-order valence-corrected chi connectivity index (χ4v) is 4.47. The zero-order valence-corrected chi connectivity index (χ0v) is 14.9. The number of methoxy groups -OCH3 is 1. The number of thioether (sulfide) groups is 1. The topological polar surface area (TPSA) is 29.5 Å². The average Bonchev–Trinajstić information content (AvgIpc) is 2.59. The highest BCUT2D eigenvalue weighted by molar-refractivity contribution is 8.24. The minimum atomic E-state index is -0.448. The number of benzene rings is 2. The van der Waals surface area contributed by atoms with Crippen LogP contribution in [0.4, 0.5) is 5.69 Å². The molecule has 0 spiro atoms. The number of rotatable bonds is 3. The van der Waals surface area contributed by atoms with E-state index in [0.717, 1.165) is 17.0 Å². The molecule has 1 amide bonds. The summed E-state index contributed by atoms with van der Waals surface area (Å²) in [6, 6.07) is 17.1. The Hall–Kier alpha value is -1.50. The minimum Gasteiger partial charge on any atom is -0.497 e. The molecule has 1 aliphatic heterocycles. The van der Waals surface area contributed by atoms with E-state index in [0.29, 0.717) is 4.32 Å². The van der Waals surface area contributed by atoms with Gasteiger partial charge in [-0.25, -0.2) is 0 Å². The molecule has 23 heavy (non-hydrogen) atoms. The molecule has 1 aliphatic rings. The maximum Gasteiger partial charge on any atom is 0.246 e. The van der Waals surface area contributed by atoms with Gasteiger partial charge in [-0.2, -0.15) is 12.6 Å². The average molecular weight is 362 g/mol. The number of thiocarbonyl (C=S) groups is 1. The third kappa shape index (κ3) is 3.24. The predicted molar refractivity (Wildman–Crippen MR) is 103 cm³/mol. The van der Waals surface area contributed by atoms with Crippen molar-refractivity contribution >= 4 is 52.5 Å². The van der Waals surface area contributed by atoms with E-state index < -0.39 is 5.25 Å². The highest BCUT2D eigenvalue weighted by Gasteiger charge is 2.39. The van der Waals surface area contributed by atoms with Crippen molar-refractivity contribution in [3.05, 3.63) is 60.2 Å². The molecule has 0 unspecified atom stereocenters. The molecule has 0 bridgehead atoms. The monoisotopic (exact) mass is 361 g/mol. The summed E-state index contributed by atoms with van der Waals surface area (Å²) in [5.74, 6) is 0.637. The molecule has 1 saturated heterocycles. The second kappa shape index (κ2) is 6.95. The van der Waals surface area contributed by atoms with E-state index in [1.165, 1.54) is 11.8 Å². The zero-order chi connectivity index (χ0) is 16.4. The summed E-state index contributed by atoms with van der Waals surface area (Å²) in [5, 5.41) is -0.523. The van der Waals surface area contributed by atoms with Crippen molar-refractivity contribution in [1.29, 1.82) is 0 Å². The zero-order valence-electron chi connectivity index (χ0n) is 12.4. The third-order valence-corrected chi connectivity index (χ3v) is 6.00. The maximum absolute atomic E-state index is 12.8. The van der Waals surface area contributed by atoms with Crippen LogP contribution in [-0.4, -0.2) is 22.6 Å². The van der Waals surface area contributed by atoms with Crippen LogP contribution in [-0.2, 0) is 4.79 Å². The van der Waals surface area contributed by atoms with Gasteiger partial charge in [0.2, 0.25) is 5.91 Å². The molecular formula is C17H15NO2S3. The molecule has 0 aliphatic carbocycles. The molecule has 1 heterocycles. The first-order valence-corrected chi connectivity index (χ1v) is 8.84. The van der Waals surface area contributed by atoms with Crippen molar-refractivity contribution in [2.45, 2.75) is 10.5 Å². The highest BCUT2D eigenvalue weighted by atomic mass is 32.2. The quantitative estimate of drug-likeness (QED) is 0.658. The lowest BCUT2D eigenvalue weighted by Gasteiger charge is -2.35. The van der Waals surface area contributed by atoms with Crippen molar-refractivity contribution in [2.24, 2.45) is 0 Å². The van der Waals surface area contributed by atoms with Gasteiger partial charge in [0.05, 0.1) is 23.3 Å². The number of hydrogen-bond donors (Lipinski definition) is 1. The van der Waals surface area contributed by atoms with Crippen LogP contribution < -0.4 is 9.64 Å².